The number of piperazine rings is 1. The molecule has 1 aromatic carbocycles. The van der Waals surface area contributed by atoms with Crippen molar-refractivity contribution in [3.63, 3.8) is 0 Å². The number of sulfonamides is 1. The van der Waals surface area contributed by atoms with Crippen LogP contribution in [0, 0.1) is 25.2 Å². The lowest BCUT2D eigenvalue weighted by Gasteiger charge is -2.32. The van der Waals surface area contributed by atoms with Crippen LogP contribution in [-0.4, -0.2) is 66.6 Å². The van der Waals surface area contributed by atoms with Crippen LogP contribution in [0.2, 0.25) is 0 Å². The molecule has 0 saturated carbocycles. The number of nitrogens with one attached hydrogen (secondary N) is 2. The number of hydrogen-bond donors (Lipinski definition) is 2. The van der Waals surface area contributed by atoms with Crippen molar-refractivity contribution in [1.29, 1.82) is 5.26 Å². The quantitative estimate of drug-likeness (QED) is 0.536. The third kappa shape index (κ3) is 5.14. The van der Waals surface area contributed by atoms with Crippen molar-refractivity contribution in [3.05, 3.63) is 59.1 Å². The summed E-state index contributed by atoms with van der Waals surface area (Å²) >= 11 is 0. The van der Waals surface area contributed by atoms with Crippen molar-refractivity contribution in [1.82, 2.24) is 19.2 Å². The first-order chi connectivity index (χ1) is 16.3. The van der Waals surface area contributed by atoms with Crippen molar-refractivity contribution in [2.24, 2.45) is 0 Å². The summed E-state index contributed by atoms with van der Waals surface area (Å²) in [6.07, 6.45) is 9.75. The first-order valence-corrected chi connectivity index (χ1v) is 13.2. The molecule has 2 aromatic heterocycles. The molecule has 4 rings (SSSR count). The maximum absolute atomic E-state index is 11.7. The second kappa shape index (κ2) is 9.97. The standard InChI is InChI=1S/C25H30N6O2S/c1-18-21-9-10-27-24(21)8-7-23(18)29-25-20(16-26)17-28-19(2)22(25)6-4-5-11-30-12-14-31(15-13-30)34(3,32)33/h4,6-10,17,27H,5,11-15H2,1-3H3,(H,28,29). The van der Waals surface area contributed by atoms with Crippen LogP contribution in [-0.2, 0) is 10.0 Å². The van der Waals surface area contributed by atoms with E-state index in [1.807, 2.05) is 31.3 Å². The van der Waals surface area contributed by atoms with Crippen LogP contribution in [0.5, 0.6) is 0 Å². The number of hydrogen-bond acceptors (Lipinski definition) is 6. The van der Waals surface area contributed by atoms with Gasteiger partial charge in [0.05, 0.1) is 17.5 Å². The van der Waals surface area contributed by atoms with Gasteiger partial charge in [-0.25, -0.2) is 8.42 Å². The van der Waals surface area contributed by atoms with Crippen molar-refractivity contribution in [3.8, 4) is 6.07 Å². The molecule has 0 radical (unpaired) electrons. The monoisotopic (exact) mass is 478 g/mol. The van der Waals surface area contributed by atoms with Crippen molar-refractivity contribution < 1.29 is 8.42 Å². The Hall–Kier alpha value is -3.19. The van der Waals surface area contributed by atoms with E-state index in [1.165, 1.54) is 10.6 Å². The molecule has 0 amide bonds. The van der Waals surface area contributed by atoms with Gasteiger partial charge in [0.15, 0.2) is 0 Å². The number of fused-ring (bicyclic) bond motifs is 1. The zero-order chi connectivity index (χ0) is 24.3. The number of nitrogens with zero attached hydrogens (tertiary/aromatic N) is 4. The Morgan fingerprint density at radius 2 is 1.97 bits per heavy atom. The average Bonchev–Trinajstić information content (AvgIpc) is 3.29. The van der Waals surface area contributed by atoms with Gasteiger partial charge in [0, 0.05) is 73.0 Å². The molecule has 1 aliphatic heterocycles. The molecule has 178 valence electrons. The van der Waals surface area contributed by atoms with Crippen LogP contribution in [0.15, 0.2) is 36.7 Å². The van der Waals surface area contributed by atoms with E-state index in [-0.39, 0.29) is 0 Å². The van der Waals surface area contributed by atoms with Gasteiger partial charge in [-0.1, -0.05) is 12.2 Å². The van der Waals surface area contributed by atoms with Gasteiger partial charge in [0.1, 0.15) is 6.07 Å². The minimum Gasteiger partial charge on any atom is -0.361 e. The van der Waals surface area contributed by atoms with Crippen molar-refractivity contribution in [2.45, 2.75) is 20.3 Å². The van der Waals surface area contributed by atoms with E-state index in [9.17, 15) is 13.7 Å². The molecular weight excluding hydrogens is 448 g/mol. The van der Waals surface area contributed by atoms with Crippen molar-refractivity contribution >= 4 is 38.4 Å². The van der Waals surface area contributed by atoms with Gasteiger partial charge in [-0.15, -0.1) is 0 Å². The fraction of sp³-hybridized carbons (Fsp3) is 0.360. The van der Waals surface area contributed by atoms with Gasteiger partial charge < -0.3 is 15.2 Å². The van der Waals surface area contributed by atoms with E-state index < -0.39 is 10.0 Å². The first-order valence-electron chi connectivity index (χ1n) is 11.4. The van der Waals surface area contributed by atoms with E-state index in [1.54, 1.807) is 6.20 Å². The molecule has 9 heteroatoms. The molecule has 0 spiro atoms. The largest absolute Gasteiger partial charge is 0.361 e. The zero-order valence-corrected chi connectivity index (χ0v) is 20.6. The fourth-order valence-electron chi connectivity index (χ4n) is 4.34. The molecule has 2 N–H and O–H groups in total. The molecule has 8 nitrogen and oxygen atoms in total. The topological polar surface area (TPSA) is 105 Å². The normalized spacial score (nSPS) is 15.7. The number of anilines is 2. The molecule has 0 aliphatic carbocycles. The Morgan fingerprint density at radius 3 is 2.68 bits per heavy atom. The zero-order valence-electron chi connectivity index (χ0n) is 19.8. The van der Waals surface area contributed by atoms with Crippen LogP contribution in [0.1, 0.15) is 28.8 Å². The number of aryl methyl sites for hydroxylation is 2. The third-order valence-electron chi connectivity index (χ3n) is 6.40. The molecule has 1 saturated heterocycles. The van der Waals surface area contributed by atoms with Gasteiger partial charge in [0.2, 0.25) is 10.0 Å². The molecule has 1 fully saturated rings. The highest BCUT2D eigenvalue weighted by Crippen LogP contribution is 2.32. The van der Waals surface area contributed by atoms with E-state index >= 15 is 0 Å². The summed E-state index contributed by atoms with van der Waals surface area (Å²) in [5, 5.41) is 14.4. The number of H-pyrrole nitrogens is 1. The number of aromatic nitrogens is 2. The van der Waals surface area contributed by atoms with Gasteiger partial charge in [-0.05, 0) is 44.0 Å². The van der Waals surface area contributed by atoms with Gasteiger partial charge in [-0.2, -0.15) is 9.57 Å². The highest BCUT2D eigenvalue weighted by molar-refractivity contribution is 7.88. The lowest BCUT2D eigenvalue weighted by molar-refractivity contribution is 0.192. The number of aromatic amines is 1. The number of rotatable bonds is 7. The fourth-order valence-corrected chi connectivity index (χ4v) is 5.17. The smallest absolute Gasteiger partial charge is 0.211 e. The Labute approximate surface area is 201 Å². The molecule has 3 heterocycles. The minimum absolute atomic E-state index is 0.496. The molecule has 0 unspecified atom stereocenters. The van der Waals surface area contributed by atoms with Crippen LogP contribution >= 0.6 is 0 Å². The van der Waals surface area contributed by atoms with Gasteiger partial charge in [-0.3, -0.25) is 4.98 Å². The maximum Gasteiger partial charge on any atom is 0.211 e. The van der Waals surface area contributed by atoms with Gasteiger partial charge in [0.25, 0.3) is 0 Å². The summed E-state index contributed by atoms with van der Waals surface area (Å²) in [6, 6.07) is 8.37. The van der Waals surface area contributed by atoms with Crippen LogP contribution in [0.4, 0.5) is 11.4 Å². The first kappa shape index (κ1) is 24.0. The second-order valence-electron chi connectivity index (χ2n) is 8.65. The van der Waals surface area contributed by atoms with E-state index in [0.717, 1.165) is 65.2 Å². The summed E-state index contributed by atoms with van der Waals surface area (Å²) in [4.78, 5) is 9.93. The Morgan fingerprint density at radius 1 is 1.21 bits per heavy atom. The van der Waals surface area contributed by atoms with Gasteiger partial charge >= 0.3 is 0 Å². The highest BCUT2D eigenvalue weighted by atomic mass is 32.2. The minimum atomic E-state index is -3.11. The summed E-state index contributed by atoms with van der Waals surface area (Å²) in [7, 11) is -3.11. The summed E-state index contributed by atoms with van der Waals surface area (Å²) in [6.45, 7) is 7.41. The number of nitriles is 1. The Bertz CT molecular complexity index is 1360. The highest BCUT2D eigenvalue weighted by Gasteiger charge is 2.22. The molecule has 34 heavy (non-hydrogen) atoms. The maximum atomic E-state index is 11.7. The van der Waals surface area contributed by atoms with Crippen LogP contribution in [0.3, 0.4) is 0 Å². The SMILES string of the molecule is Cc1ncc(C#N)c(Nc2ccc3[nH]ccc3c2C)c1C=CCCN1CCN(S(C)(=O)=O)CC1. The predicted octanol–water partition coefficient (Wildman–Crippen LogP) is 3.78. The summed E-state index contributed by atoms with van der Waals surface area (Å²) in [5.41, 5.74) is 6.14. The summed E-state index contributed by atoms with van der Waals surface area (Å²) < 4.78 is 24.9. The van der Waals surface area contributed by atoms with E-state index in [0.29, 0.717) is 18.7 Å². The van der Waals surface area contributed by atoms with E-state index in [4.69, 9.17) is 0 Å². The predicted molar refractivity (Wildman–Crippen MR) is 137 cm³/mol. The van der Waals surface area contributed by atoms with Crippen molar-refractivity contribution in [2.75, 3.05) is 44.3 Å². The molecular formula is C25H30N6O2S. The Kier molecular flexibility index (Phi) is 7.03. The van der Waals surface area contributed by atoms with E-state index in [2.05, 4.69) is 45.3 Å². The molecule has 0 atom stereocenters. The third-order valence-corrected chi connectivity index (χ3v) is 7.70. The lowest BCUT2D eigenvalue weighted by Crippen LogP contribution is -2.48. The lowest BCUT2D eigenvalue weighted by atomic mass is 10.0. The number of pyridine rings is 1. The van der Waals surface area contributed by atoms with Crippen LogP contribution in [0.25, 0.3) is 17.0 Å². The number of benzene rings is 1. The van der Waals surface area contributed by atoms with Crippen LogP contribution < -0.4 is 5.32 Å². The average molecular weight is 479 g/mol. The molecule has 0 bridgehead atoms. The summed E-state index contributed by atoms with van der Waals surface area (Å²) in [5.74, 6) is 0. The second-order valence-corrected chi connectivity index (χ2v) is 10.6. The molecule has 3 aromatic rings. The Balaban J connectivity index is 1.49. The molecule has 1 aliphatic rings.